The molecule has 0 atom stereocenters. The van der Waals surface area contributed by atoms with Gasteiger partial charge >= 0.3 is 0 Å². The first kappa shape index (κ1) is 20.0. The predicted octanol–water partition coefficient (Wildman–Crippen LogP) is 4.34. The molecule has 1 saturated heterocycles. The average Bonchev–Trinajstić information content (AvgIpc) is 2.64. The topological polar surface area (TPSA) is 51.7 Å². The van der Waals surface area contributed by atoms with Crippen molar-refractivity contribution in [2.24, 2.45) is 0 Å². The highest BCUT2D eigenvalue weighted by molar-refractivity contribution is 6.32. The van der Waals surface area contributed by atoms with Gasteiger partial charge in [0, 0.05) is 32.1 Å². The number of pyridine rings is 1. The van der Waals surface area contributed by atoms with Crippen molar-refractivity contribution in [3.8, 4) is 5.88 Å². The molecule has 2 rings (SSSR count). The lowest BCUT2D eigenvalue weighted by Gasteiger charge is -2.24. The number of ether oxygens (including phenoxy) is 2. The van der Waals surface area contributed by atoms with Crippen LogP contribution in [0.15, 0.2) is 12.3 Å². The maximum absolute atomic E-state index is 12.8. The highest BCUT2D eigenvalue weighted by atomic mass is 35.5. The number of halogens is 1. The molecule has 0 unspecified atom stereocenters. The highest BCUT2D eigenvalue weighted by Crippen LogP contribution is 2.26. The Hall–Kier alpha value is -1.33. The number of unbranched alkanes of at least 4 members (excludes halogenated alkanes) is 2. The minimum absolute atomic E-state index is 0.00563. The van der Waals surface area contributed by atoms with E-state index < -0.39 is 0 Å². The van der Waals surface area contributed by atoms with Crippen molar-refractivity contribution in [1.29, 1.82) is 0 Å². The van der Waals surface area contributed by atoms with Gasteiger partial charge in [-0.05, 0) is 18.9 Å². The zero-order valence-electron chi connectivity index (χ0n) is 15.3. The van der Waals surface area contributed by atoms with Crippen LogP contribution in [0.25, 0.3) is 0 Å². The number of hydrogen-bond donors (Lipinski definition) is 0. The third-order valence-electron chi connectivity index (χ3n) is 4.35. The van der Waals surface area contributed by atoms with E-state index in [-0.39, 0.29) is 12.0 Å². The first-order chi connectivity index (χ1) is 12.2. The van der Waals surface area contributed by atoms with Gasteiger partial charge in [0.25, 0.3) is 5.91 Å². The molecule has 0 spiro atoms. The SMILES string of the molecule is CCCCN(CCCC)C(=O)c1cnc(OC2CCOCC2)c(Cl)c1. The van der Waals surface area contributed by atoms with E-state index in [2.05, 4.69) is 18.8 Å². The summed E-state index contributed by atoms with van der Waals surface area (Å²) in [5.41, 5.74) is 0.525. The van der Waals surface area contributed by atoms with Gasteiger partial charge in [0.2, 0.25) is 5.88 Å². The third kappa shape index (κ3) is 6.15. The van der Waals surface area contributed by atoms with Crippen molar-refractivity contribution in [2.75, 3.05) is 26.3 Å². The quantitative estimate of drug-likeness (QED) is 0.650. The highest BCUT2D eigenvalue weighted by Gasteiger charge is 2.20. The van der Waals surface area contributed by atoms with Crippen molar-refractivity contribution in [3.63, 3.8) is 0 Å². The molecule has 1 aromatic heterocycles. The van der Waals surface area contributed by atoms with Gasteiger partial charge in [-0.2, -0.15) is 0 Å². The van der Waals surface area contributed by atoms with E-state index in [1.165, 1.54) is 0 Å². The zero-order chi connectivity index (χ0) is 18.1. The standard InChI is InChI=1S/C19H29ClN2O3/c1-3-5-9-22(10-6-4-2)19(23)15-13-17(20)18(21-14-15)25-16-7-11-24-12-8-16/h13-14,16H,3-12H2,1-2H3. The fourth-order valence-electron chi connectivity index (χ4n) is 2.78. The van der Waals surface area contributed by atoms with E-state index in [1.54, 1.807) is 12.3 Å². The van der Waals surface area contributed by atoms with Gasteiger partial charge in [-0.25, -0.2) is 4.98 Å². The second kappa shape index (κ2) is 10.6. The monoisotopic (exact) mass is 368 g/mol. The third-order valence-corrected chi connectivity index (χ3v) is 4.62. The molecule has 1 aromatic rings. The van der Waals surface area contributed by atoms with E-state index >= 15 is 0 Å². The number of nitrogens with zero attached hydrogens (tertiary/aromatic N) is 2. The van der Waals surface area contributed by atoms with Crippen LogP contribution in [0.3, 0.4) is 0 Å². The molecule has 0 N–H and O–H groups in total. The molecule has 1 aliphatic rings. The molecule has 1 aliphatic heterocycles. The summed E-state index contributed by atoms with van der Waals surface area (Å²) < 4.78 is 11.2. The summed E-state index contributed by atoms with van der Waals surface area (Å²) in [6, 6.07) is 1.68. The second-order valence-electron chi connectivity index (χ2n) is 6.44. The molecule has 1 fully saturated rings. The number of aromatic nitrogens is 1. The molecule has 25 heavy (non-hydrogen) atoms. The van der Waals surface area contributed by atoms with Crippen molar-refractivity contribution in [1.82, 2.24) is 9.88 Å². The van der Waals surface area contributed by atoms with Crippen molar-refractivity contribution in [3.05, 3.63) is 22.8 Å². The molecular weight excluding hydrogens is 340 g/mol. The molecule has 140 valence electrons. The number of rotatable bonds is 9. The minimum Gasteiger partial charge on any atom is -0.473 e. The molecule has 1 amide bonds. The molecule has 0 aromatic carbocycles. The van der Waals surface area contributed by atoms with Crippen molar-refractivity contribution < 1.29 is 14.3 Å². The molecule has 5 nitrogen and oxygen atoms in total. The largest absolute Gasteiger partial charge is 0.473 e. The van der Waals surface area contributed by atoms with Crippen LogP contribution in [0.1, 0.15) is 62.7 Å². The summed E-state index contributed by atoms with van der Waals surface area (Å²) in [6.07, 6.45) is 7.45. The fraction of sp³-hybridized carbons (Fsp3) is 0.684. The summed E-state index contributed by atoms with van der Waals surface area (Å²) in [6.45, 7) is 7.19. The molecule has 0 radical (unpaired) electrons. The van der Waals surface area contributed by atoms with Gasteiger partial charge in [-0.1, -0.05) is 38.3 Å². The van der Waals surface area contributed by atoms with Crippen LogP contribution < -0.4 is 4.74 Å². The smallest absolute Gasteiger partial charge is 0.255 e. The minimum atomic E-state index is -0.00563. The van der Waals surface area contributed by atoms with Crippen LogP contribution in [-0.4, -0.2) is 48.2 Å². The Balaban J connectivity index is 2.04. The van der Waals surface area contributed by atoms with Gasteiger partial charge < -0.3 is 14.4 Å². The fourth-order valence-corrected chi connectivity index (χ4v) is 2.99. The normalized spacial score (nSPS) is 15.2. The van der Waals surface area contributed by atoms with Crippen LogP contribution in [-0.2, 0) is 4.74 Å². The first-order valence-electron chi connectivity index (χ1n) is 9.34. The van der Waals surface area contributed by atoms with Crippen LogP contribution in [0.5, 0.6) is 5.88 Å². The van der Waals surface area contributed by atoms with Gasteiger partial charge in [0.15, 0.2) is 0 Å². The van der Waals surface area contributed by atoms with Gasteiger partial charge in [0.05, 0.1) is 18.8 Å². The number of carbonyl (C=O) groups is 1. The van der Waals surface area contributed by atoms with Crippen molar-refractivity contribution >= 4 is 17.5 Å². The van der Waals surface area contributed by atoms with E-state index in [0.29, 0.717) is 29.7 Å². The lowest BCUT2D eigenvalue weighted by Crippen LogP contribution is -2.33. The maximum Gasteiger partial charge on any atom is 0.255 e. The Morgan fingerprint density at radius 3 is 2.48 bits per heavy atom. The lowest BCUT2D eigenvalue weighted by molar-refractivity contribution is 0.0238. The van der Waals surface area contributed by atoms with Crippen LogP contribution in [0, 0.1) is 0 Å². The Kier molecular flexibility index (Phi) is 8.49. The average molecular weight is 369 g/mol. The summed E-state index contributed by atoms with van der Waals surface area (Å²) in [5, 5.41) is 0.392. The Labute approximate surface area is 155 Å². The van der Waals surface area contributed by atoms with E-state index in [1.807, 2.05) is 4.90 Å². The first-order valence-corrected chi connectivity index (χ1v) is 9.72. The molecule has 6 heteroatoms. The molecular formula is C19H29ClN2O3. The Morgan fingerprint density at radius 1 is 1.28 bits per heavy atom. The Bertz CT molecular complexity index is 539. The summed E-state index contributed by atoms with van der Waals surface area (Å²) in [4.78, 5) is 19.0. The number of carbonyl (C=O) groups excluding carboxylic acids is 1. The summed E-state index contributed by atoms with van der Waals surface area (Å²) in [5.74, 6) is 0.396. The molecule has 0 bridgehead atoms. The van der Waals surface area contributed by atoms with Crippen LogP contribution in [0.2, 0.25) is 5.02 Å². The molecule has 0 saturated carbocycles. The van der Waals surface area contributed by atoms with Crippen LogP contribution in [0.4, 0.5) is 0 Å². The van der Waals surface area contributed by atoms with E-state index in [9.17, 15) is 4.79 Å². The zero-order valence-corrected chi connectivity index (χ0v) is 16.1. The van der Waals surface area contributed by atoms with Crippen LogP contribution >= 0.6 is 11.6 Å². The second-order valence-corrected chi connectivity index (χ2v) is 6.85. The van der Waals surface area contributed by atoms with Gasteiger partial charge in [-0.3, -0.25) is 4.79 Å². The molecule has 2 heterocycles. The van der Waals surface area contributed by atoms with E-state index in [0.717, 1.165) is 51.6 Å². The van der Waals surface area contributed by atoms with Gasteiger partial charge in [0.1, 0.15) is 11.1 Å². The number of amides is 1. The lowest BCUT2D eigenvalue weighted by atomic mass is 10.1. The summed E-state index contributed by atoms with van der Waals surface area (Å²) >= 11 is 6.32. The molecule has 0 aliphatic carbocycles. The predicted molar refractivity (Wildman–Crippen MR) is 99.4 cm³/mol. The summed E-state index contributed by atoms with van der Waals surface area (Å²) in [7, 11) is 0. The van der Waals surface area contributed by atoms with E-state index in [4.69, 9.17) is 21.1 Å². The van der Waals surface area contributed by atoms with Crippen molar-refractivity contribution in [2.45, 2.75) is 58.5 Å². The number of hydrogen-bond acceptors (Lipinski definition) is 4. The van der Waals surface area contributed by atoms with Gasteiger partial charge in [-0.15, -0.1) is 0 Å². The maximum atomic E-state index is 12.8. The Morgan fingerprint density at radius 2 is 1.92 bits per heavy atom.